The van der Waals surface area contributed by atoms with E-state index in [0.717, 1.165) is 17.6 Å². The molecular weight excluding hydrogens is 418 g/mol. The Morgan fingerprint density at radius 1 is 1.22 bits per heavy atom. The Morgan fingerprint density at radius 2 is 1.91 bits per heavy atom. The minimum absolute atomic E-state index is 0.0656. The van der Waals surface area contributed by atoms with E-state index in [1.165, 1.54) is 7.11 Å². The maximum Gasteiger partial charge on any atom is 0.315 e. The van der Waals surface area contributed by atoms with Crippen LogP contribution in [0, 0.1) is 11.6 Å². The van der Waals surface area contributed by atoms with Gasteiger partial charge in [0, 0.05) is 30.2 Å². The van der Waals surface area contributed by atoms with Crippen molar-refractivity contribution in [1.29, 1.82) is 0 Å². The molecule has 1 atom stereocenters. The van der Waals surface area contributed by atoms with E-state index in [1.54, 1.807) is 0 Å². The lowest BCUT2D eigenvalue weighted by Gasteiger charge is -2.27. The lowest BCUT2D eigenvalue weighted by molar-refractivity contribution is 0.117. The standard InChI is InChI=1S/C23H26F2N4O3/c1-32-15-10-17(24)16(18(25)11-15)12-21(22-27-19-4-2-3-5-20(19)28-22)29-23(31)26-13-6-8-14(30)9-7-13/h2-5,10-11,13-14,21,30H,6-9,12H2,1H3,(H,27,28)(H2,26,29,31)/t13-,14-,21-/m1/s1. The van der Waals surface area contributed by atoms with Crippen LogP contribution >= 0.6 is 0 Å². The van der Waals surface area contributed by atoms with Crippen LogP contribution in [-0.4, -0.2) is 40.4 Å². The summed E-state index contributed by atoms with van der Waals surface area (Å²) in [7, 11) is 1.33. The topological polar surface area (TPSA) is 99.3 Å². The number of ether oxygens (including phenoxy) is 1. The highest BCUT2D eigenvalue weighted by Crippen LogP contribution is 2.26. The second-order valence-electron chi connectivity index (χ2n) is 8.09. The fourth-order valence-corrected chi connectivity index (χ4v) is 4.06. The van der Waals surface area contributed by atoms with Crippen molar-refractivity contribution in [2.75, 3.05) is 7.11 Å². The van der Waals surface area contributed by atoms with Crippen molar-refractivity contribution in [3.63, 3.8) is 0 Å². The minimum Gasteiger partial charge on any atom is -0.497 e. The number of halogens is 2. The van der Waals surface area contributed by atoms with Gasteiger partial charge in [-0.2, -0.15) is 0 Å². The summed E-state index contributed by atoms with van der Waals surface area (Å²) < 4.78 is 34.2. The number of aromatic nitrogens is 2. The Balaban J connectivity index is 1.57. The van der Waals surface area contributed by atoms with Crippen LogP contribution in [0.1, 0.15) is 43.1 Å². The van der Waals surface area contributed by atoms with Gasteiger partial charge in [-0.05, 0) is 37.8 Å². The van der Waals surface area contributed by atoms with E-state index in [1.807, 2.05) is 24.3 Å². The van der Waals surface area contributed by atoms with Crippen molar-refractivity contribution < 1.29 is 23.4 Å². The molecule has 1 aromatic heterocycles. The lowest BCUT2D eigenvalue weighted by atomic mass is 9.93. The summed E-state index contributed by atoms with van der Waals surface area (Å²) in [6.45, 7) is 0. The third-order valence-electron chi connectivity index (χ3n) is 5.83. The van der Waals surface area contributed by atoms with Crippen LogP contribution < -0.4 is 15.4 Å². The molecule has 4 N–H and O–H groups in total. The molecule has 1 aliphatic carbocycles. The monoisotopic (exact) mass is 444 g/mol. The zero-order valence-corrected chi connectivity index (χ0v) is 17.7. The number of rotatable bonds is 6. The Bertz CT molecular complexity index is 1040. The van der Waals surface area contributed by atoms with Gasteiger partial charge in [0.15, 0.2) is 0 Å². The van der Waals surface area contributed by atoms with Crippen molar-refractivity contribution in [2.45, 2.75) is 50.3 Å². The van der Waals surface area contributed by atoms with Crippen molar-refractivity contribution in [1.82, 2.24) is 20.6 Å². The molecule has 9 heteroatoms. The molecule has 1 fully saturated rings. The third-order valence-corrected chi connectivity index (χ3v) is 5.83. The first-order valence-electron chi connectivity index (χ1n) is 10.6. The molecular formula is C23H26F2N4O3. The van der Waals surface area contributed by atoms with Crippen LogP contribution in [0.2, 0.25) is 0 Å². The predicted molar refractivity (Wildman–Crippen MR) is 115 cm³/mol. The normalized spacial score (nSPS) is 19.5. The summed E-state index contributed by atoms with van der Waals surface area (Å²) in [5, 5.41) is 15.4. The van der Waals surface area contributed by atoms with Crippen LogP contribution in [0.15, 0.2) is 36.4 Å². The Labute approximate surface area is 184 Å². The number of H-pyrrole nitrogens is 1. The summed E-state index contributed by atoms with van der Waals surface area (Å²) in [4.78, 5) is 20.4. The van der Waals surface area contributed by atoms with E-state index in [0.29, 0.717) is 37.0 Å². The first-order valence-corrected chi connectivity index (χ1v) is 10.6. The molecule has 0 radical (unpaired) electrons. The van der Waals surface area contributed by atoms with Crippen LogP contribution in [0.4, 0.5) is 13.6 Å². The summed E-state index contributed by atoms with van der Waals surface area (Å²) in [5.74, 6) is -1.04. The molecule has 1 saturated carbocycles. The van der Waals surface area contributed by atoms with Crippen LogP contribution in [0.5, 0.6) is 5.75 Å². The average Bonchev–Trinajstić information content (AvgIpc) is 3.21. The van der Waals surface area contributed by atoms with E-state index in [4.69, 9.17) is 4.74 Å². The molecule has 0 unspecified atom stereocenters. The molecule has 0 saturated heterocycles. The summed E-state index contributed by atoms with van der Waals surface area (Å²) >= 11 is 0. The van der Waals surface area contributed by atoms with Gasteiger partial charge in [0.25, 0.3) is 0 Å². The quantitative estimate of drug-likeness (QED) is 0.466. The number of methoxy groups -OCH3 is 1. The zero-order chi connectivity index (χ0) is 22.7. The molecule has 1 aliphatic rings. The molecule has 0 spiro atoms. The molecule has 7 nitrogen and oxygen atoms in total. The highest BCUT2D eigenvalue weighted by atomic mass is 19.1. The summed E-state index contributed by atoms with van der Waals surface area (Å²) in [6.07, 6.45) is 2.12. The number of nitrogens with one attached hydrogen (secondary N) is 3. The first kappa shape index (κ1) is 22.0. The van der Waals surface area contributed by atoms with Gasteiger partial charge < -0.3 is 25.5 Å². The minimum atomic E-state index is -0.797. The van der Waals surface area contributed by atoms with E-state index in [2.05, 4.69) is 20.6 Å². The Morgan fingerprint density at radius 3 is 2.56 bits per heavy atom. The van der Waals surface area contributed by atoms with Gasteiger partial charge in [-0.1, -0.05) is 12.1 Å². The molecule has 0 aliphatic heterocycles. The molecule has 170 valence electrons. The number of nitrogens with zero attached hydrogens (tertiary/aromatic N) is 1. The van der Waals surface area contributed by atoms with Crippen LogP contribution in [0.3, 0.4) is 0 Å². The second kappa shape index (κ2) is 9.52. The van der Waals surface area contributed by atoms with Crippen molar-refractivity contribution in [2.24, 2.45) is 0 Å². The number of para-hydroxylation sites is 2. The number of benzene rings is 2. The predicted octanol–water partition coefficient (Wildman–Crippen LogP) is 3.74. The number of urea groups is 1. The maximum atomic E-state index is 14.6. The van der Waals surface area contributed by atoms with Gasteiger partial charge in [-0.3, -0.25) is 0 Å². The maximum absolute atomic E-state index is 14.6. The molecule has 2 amide bonds. The fraction of sp³-hybridized carbons (Fsp3) is 0.391. The van der Waals surface area contributed by atoms with Gasteiger partial charge in [0.2, 0.25) is 0 Å². The molecule has 0 bridgehead atoms. The smallest absolute Gasteiger partial charge is 0.315 e. The summed E-state index contributed by atoms with van der Waals surface area (Å²) in [5.41, 5.74) is 1.27. The number of fused-ring (bicyclic) bond motifs is 1. The number of carbonyl (C=O) groups is 1. The van der Waals surface area contributed by atoms with Crippen molar-refractivity contribution in [3.8, 4) is 5.75 Å². The van der Waals surface area contributed by atoms with E-state index in [9.17, 15) is 18.7 Å². The first-order chi connectivity index (χ1) is 15.4. The van der Waals surface area contributed by atoms with E-state index < -0.39 is 23.7 Å². The number of imidazole rings is 1. The SMILES string of the molecule is COc1cc(F)c(C[C@@H](NC(=O)N[C@H]2CC[C@H](O)CC2)c2nc3ccccc3[nH]2)c(F)c1. The number of aliphatic hydroxyl groups is 1. The zero-order valence-electron chi connectivity index (χ0n) is 17.7. The lowest BCUT2D eigenvalue weighted by Crippen LogP contribution is -2.45. The third kappa shape index (κ3) is 4.99. The second-order valence-corrected chi connectivity index (χ2v) is 8.09. The van der Waals surface area contributed by atoms with Crippen molar-refractivity contribution in [3.05, 3.63) is 59.4 Å². The number of hydrogen-bond donors (Lipinski definition) is 4. The Hall–Kier alpha value is -3.20. The van der Waals surface area contributed by atoms with Crippen LogP contribution in [-0.2, 0) is 6.42 Å². The van der Waals surface area contributed by atoms with Crippen LogP contribution in [0.25, 0.3) is 11.0 Å². The molecule has 32 heavy (non-hydrogen) atoms. The highest BCUT2D eigenvalue weighted by Gasteiger charge is 2.26. The van der Waals surface area contributed by atoms with E-state index >= 15 is 0 Å². The fourth-order valence-electron chi connectivity index (χ4n) is 4.06. The molecule has 4 rings (SSSR count). The van der Waals surface area contributed by atoms with Gasteiger partial charge in [-0.25, -0.2) is 18.6 Å². The van der Waals surface area contributed by atoms with Gasteiger partial charge in [0.1, 0.15) is 23.2 Å². The largest absolute Gasteiger partial charge is 0.497 e. The molecule has 3 aromatic rings. The van der Waals surface area contributed by atoms with Gasteiger partial charge in [-0.15, -0.1) is 0 Å². The summed E-state index contributed by atoms with van der Waals surface area (Å²) in [6, 6.07) is 8.24. The van der Waals surface area contributed by atoms with Gasteiger partial charge >= 0.3 is 6.03 Å². The number of aromatic amines is 1. The number of aliphatic hydroxyl groups excluding tert-OH is 1. The Kier molecular flexibility index (Phi) is 6.55. The molecule has 1 heterocycles. The molecule has 2 aromatic carbocycles. The number of carbonyl (C=O) groups excluding carboxylic acids is 1. The van der Waals surface area contributed by atoms with Gasteiger partial charge in [0.05, 0.1) is 30.3 Å². The number of hydrogen-bond acceptors (Lipinski definition) is 4. The highest BCUT2D eigenvalue weighted by molar-refractivity contribution is 5.76. The average molecular weight is 444 g/mol. The van der Waals surface area contributed by atoms with Crippen molar-refractivity contribution >= 4 is 17.1 Å². The number of amides is 2. The van der Waals surface area contributed by atoms with E-state index in [-0.39, 0.29) is 29.9 Å².